The van der Waals surface area contributed by atoms with Crippen LogP contribution in [0.25, 0.3) is 78.4 Å². The fourth-order valence-corrected chi connectivity index (χ4v) is 6.74. The Morgan fingerprint density at radius 1 is 0.468 bits per heavy atom. The van der Waals surface area contributed by atoms with Gasteiger partial charge in [0.25, 0.3) is 0 Å². The summed E-state index contributed by atoms with van der Waals surface area (Å²) in [4.78, 5) is 15.0. The number of nitrogens with zero attached hydrogens (tertiary/aromatic N) is 3. The molecule has 0 fully saturated rings. The lowest BCUT2D eigenvalue weighted by Crippen LogP contribution is -2.37. The second-order valence-corrected chi connectivity index (χ2v) is 12.4. The Labute approximate surface area is 273 Å². The molecular weight excluding hydrogens is 576 g/mol. The minimum absolute atomic E-state index is 0.447. The van der Waals surface area contributed by atoms with Gasteiger partial charge < -0.3 is 9.15 Å². The highest BCUT2D eigenvalue weighted by Crippen LogP contribution is 2.47. The van der Waals surface area contributed by atoms with E-state index in [-0.39, 0.29) is 0 Å². The van der Waals surface area contributed by atoms with E-state index >= 15 is 0 Å². The van der Waals surface area contributed by atoms with E-state index in [1.54, 1.807) is 0 Å². The molecular formula is C40H27B2N3O2. The van der Waals surface area contributed by atoms with E-state index in [1.165, 1.54) is 11.1 Å². The summed E-state index contributed by atoms with van der Waals surface area (Å²) < 4.78 is 12.8. The van der Waals surface area contributed by atoms with Crippen LogP contribution in [0.3, 0.4) is 0 Å². The van der Waals surface area contributed by atoms with Crippen molar-refractivity contribution in [2.24, 2.45) is 0 Å². The smallest absolute Gasteiger partial charge is 0.167 e. The summed E-state index contributed by atoms with van der Waals surface area (Å²) in [6.45, 7) is 0. The van der Waals surface area contributed by atoms with Gasteiger partial charge in [-0.3, -0.25) is 0 Å². The lowest BCUT2D eigenvalue weighted by atomic mass is 9.58. The molecule has 6 aromatic carbocycles. The Balaban J connectivity index is 1.19. The van der Waals surface area contributed by atoms with Crippen molar-refractivity contribution in [1.82, 2.24) is 15.0 Å². The number of para-hydroxylation sites is 3. The maximum absolute atomic E-state index is 6.42. The van der Waals surface area contributed by atoms with Crippen LogP contribution in [0.1, 0.15) is 5.56 Å². The van der Waals surface area contributed by atoms with Gasteiger partial charge in [0, 0.05) is 27.5 Å². The van der Waals surface area contributed by atoms with Gasteiger partial charge in [0.2, 0.25) is 0 Å². The number of furan rings is 1. The van der Waals surface area contributed by atoms with Crippen LogP contribution in [0.4, 0.5) is 0 Å². The number of ether oxygens (including phenoxy) is 1. The molecule has 3 heterocycles. The van der Waals surface area contributed by atoms with Crippen LogP contribution < -0.4 is 4.74 Å². The molecule has 2 aromatic heterocycles. The molecule has 0 bridgehead atoms. The summed E-state index contributed by atoms with van der Waals surface area (Å²) in [6, 6.07) is 47.5. The van der Waals surface area contributed by atoms with Gasteiger partial charge in [-0.1, -0.05) is 121 Å². The van der Waals surface area contributed by atoms with Gasteiger partial charge >= 0.3 is 0 Å². The highest BCUT2D eigenvalue weighted by molar-refractivity contribution is 6.40. The van der Waals surface area contributed by atoms with Crippen LogP contribution in [0, 0.1) is 0 Å². The predicted molar refractivity (Wildman–Crippen MR) is 194 cm³/mol. The molecule has 0 N–H and O–H groups in total. The second-order valence-electron chi connectivity index (χ2n) is 12.4. The van der Waals surface area contributed by atoms with E-state index < -0.39 is 5.40 Å². The molecule has 47 heavy (non-hydrogen) atoms. The zero-order valence-electron chi connectivity index (χ0n) is 25.9. The molecule has 1 aliphatic rings. The summed E-state index contributed by atoms with van der Waals surface area (Å²) in [5.74, 6) is 2.68. The average Bonchev–Trinajstić information content (AvgIpc) is 3.51. The molecule has 7 heteroatoms. The number of hydrogen-bond acceptors (Lipinski definition) is 5. The molecule has 0 unspecified atom stereocenters. The summed E-state index contributed by atoms with van der Waals surface area (Å²) in [7, 11) is 4.26. The molecule has 0 saturated heterocycles. The second kappa shape index (κ2) is 10.6. The van der Waals surface area contributed by atoms with E-state index in [9.17, 15) is 0 Å². The van der Waals surface area contributed by atoms with Gasteiger partial charge in [-0.15, -0.1) is 0 Å². The molecule has 1 aliphatic heterocycles. The Kier molecular flexibility index (Phi) is 6.15. The minimum Gasteiger partial charge on any atom is -0.500 e. The van der Waals surface area contributed by atoms with Crippen LogP contribution in [-0.2, 0) is 5.40 Å². The van der Waals surface area contributed by atoms with Crippen LogP contribution in [-0.4, -0.2) is 30.6 Å². The van der Waals surface area contributed by atoms with Gasteiger partial charge in [0.05, 0.1) is 11.0 Å². The first-order valence-electron chi connectivity index (χ1n) is 15.8. The number of benzene rings is 6. The normalized spacial score (nSPS) is 13.2. The molecule has 0 saturated carbocycles. The van der Waals surface area contributed by atoms with E-state index in [0.717, 1.165) is 61.1 Å². The van der Waals surface area contributed by atoms with Crippen LogP contribution in [0.2, 0.25) is 0 Å². The zero-order chi connectivity index (χ0) is 31.5. The van der Waals surface area contributed by atoms with Crippen molar-refractivity contribution in [2.45, 2.75) is 5.40 Å². The Morgan fingerprint density at radius 2 is 1.06 bits per heavy atom. The quantitative estimate of drug-likeness (QED) is 0.192. The lowest BCUT2D eigenvalue weighted by molar-refractivity contribution is 0.241. The number of aromatic nitrogens is 3. The van der Waals surface area contributed by atoms with Gasteiger partial charge in [-0.2, -0.15) is 0 Å². The third kappa shape index (κ3) is 4.54. The maximum atomic E-state index is 6.42. The zero-order valence-corrected chi connectivity index (χ0v) is 25.9. The van der Waals surface area contributed by atoms with Gasteiger partial charge in [-0.05, 0) is 40.5 Å². The van der Waals surface area contributed by atoms with Gasteiger partial charge in [0.1, 0.15) is 16.9 Å². The van der Waals surface area contributed by atoms with Crippen molar-refractivity contribution in [2.75, 3.05) is 0 Å². The molecule has 220 valence electrons. The standard InChI is InChI=1S/C40H27B2N3O2/c41-40(42)32-17-9-14-27(35(32)30-13-5-7-19-34(30)47-40)24-20-22-26(23-21-24)38-43-37(25-10-2-1-3-11-25)44-39(45-38)31-16-8-15-29-28-12-4-6-18-33(28)46-36(29)31/h1-23H,41-42H2. The summed E-state index contributed by atoms with van der Waals surface area (Å²) in [5, 5.41) is 1.66. The highest BCUT2D eigenvalue weighted by atomic mass is 16.5. The molecule has 0 spiro atoms. The van der Waals surface area contributed by atoms with Crippen molar-refractivity contribution in [3.05, 3.63) is 145 Å². The van der Waals surface area contributed by atoms with E-state index in [0.29, 0.717) is 17.5 Å². The molecule has 8 aromatic rings. The number of hydrogen-bond donors (Lipinski definition) is 0. The highest BCUT2D eigenvalue weighted by Gasteiger charge is 2.33. The van der Waals surface area contributed by atoms with Crippen molar-refractivity contribution in [3.8, 4) is 62.2 Å². The van der Waals surface area contributed by atoms with Crippen molar-refractivity contribution >= 4 is 37.6 Å². The first-order chi connectivity index (χ1) is 23.0. The average molecular weight is 603 g/mol. The summed E-state index contributed by atoms with van der Waals surface area (Å²) >= 11 is 0. The van der Waals surface area contributed by atoms with E-state index in [4.69, 9.17) is 24.1 Å². The third-order valence-corrected chi connectivity index (χ3v) is 9.00. The maximum Gasteiger partial charge on any atom is 0.167 e. The van der Waals surface area contributed by atoms with Crippen molar-refractivity contribution in [3.63, 3.8) is 0 Å². The first-order valence-corrected chi connectivity index (χ1v) is 15.8. The fourth-order valence-electron chi connectivity index (χ4n) is 6.74. The summed E-state index contributed by atoms with van der Waals surface area (Å²) in [5.41, 5.74) is 10.0. The van der Waals surface area contributed by atoms with Crippen LogP contribution >= 0.6 is 0 Å². The number of rotatable bonds is 4. The SMILES string of the molecule is BC1(B)Oc2ccccc2-c2c(-c3ccc(-c4nc(-c5ccccc5)nc(-c5cccc6c5oc5ccccc56)n4)cc3)cccc21. The van der Waals surface area contributed by atoms with Crippen molar-refractivity contribution in [1.29, 1.82) is 0 Å². The molecule has 5 nitrogen and oxygen atoms in total. The van der Waals surface area contributed by atoms with E-state index in [2.05, 4.69) is 88.5 Å². The monoisotopic (exact) mass is 603 g/mol. The molecule has 0 amide bonds. The molecule has 9 rings (SSSR count). The third-order valence-electron chi connectivity index (χ3n) is 9.00. The minimum atomic E-state index is -0.447. The molecule has 0 aliphatic carbocycles. The lowest BCUT2D eigenvalue weighted by Gasteiger charge is -2.36. The summed E-state index contributed by atoms with van der Waals surface area (Å²) in [6.07, 6.45) is 0. The Bertz CT molecular complexity index is 2470. The Hall–Kier alpha value is -5.94. The Morgan fingerprint density at radius 3 is 1.89 bits per heavy atom. The fraction of sp³-hybridized carbons (Fsp3) is 0.0250. The first kappa shape index (κ1) is 27.4. The predicted octanol–water partition coefficient (Wildman–Crippen LogP) is 7.87. The molecule has 0 radical (unpaired) electrons. The van der Waals surface area contributed by atoms with Crippen LogP contribution in [0.15, 0.2) is 144 Å². The largest absolute Gasteiger partial charge is 0.500 e. The van der Waals surface area contributed by atoms with Crippen LogP contribution in [0.5, 0.6) is 5.75 Å². The molecule has 0 atom stereocenters. The van der Waals surface area contributed by atoms with Gasteiger partial charge in [0.15, 0.2) is 33.2 Å². The van der Waals surface area contributed by atoms with Crippen molar-refractivity contribution < 1.29 is 9.15 Å². The van der Waals surface area contributed by atoms with Gasteiger partial charge in [-0.25, -0.2) is 15.0 Å². The number of fused-ring (bicyclic) bond motifs is 6. The van der Waals surface area contributed by atoms with E-state index in [1.807, 2.05) is 66.7 Å². The topological polar surface area (TPSA) is 61.0 Å².